The Morgan fingerprint density at radius 3 is 2.78 bits per heavy atom. The molecule has 0 spiro atoms. The highest BCUT2D eigenvalue weighted by atomic mass is 35.5. The van der Waals surface area contributed by atoms with Crippen molar-refractivity contribution in [2.75, 3.05) is 5.32 Å². The van der Waals surface area contributed by atoms with E-state index in [0.29, 0.717) is 6.04 Å². The number of carboxylic acid groups (broad SMARTS) is 1. The first-order valence-electron chi connectivity index (χ1n) is 6.39. The van der Waals surface area contributed by atoms with E-state index in [1.54, 1.807) is 18.2 Å². The van der Waals surface area contributed by atoms with Crippen LogP contribution in [0.15, 0.2) is 18.2 Å². The van der Waals surface area contributed by atoms with Crippen molar-refractivity contribution in [2.45, 2.75) is 38.6 Å². The zero-order chi connectivity index (χ0) is 13.1. The van der Waals surface area contributed by atoms with Crippen LogP contribution in [-0.4, -0.2) is 17.1 Å². The number of aromatic carboxylic acids is 1. The van der Waals surface area contributed by atoms with Crippen molar-refractivity contribution in [3.8, 4) is 0 Å². The van der Waals surface area contributed by atoms with E-state index in [0.717, 1.165) is 18.0 Å². The summed E-state index contributed by atoms with van der Waals surface area (Å²) in [6.07, 6.45) is 4.94. The summed E-state index contributed by atoms with van der Waals surface area (Å²) in [5.41, 5.74) is 1.05. The summed E-state index contributed by atoms with van der Waals surface area (Å²) >= 11 is 5.95. The topological polar surface area (TPSA) is 49.3 Å². The molecular formula is C14H18ClNO2. The molecule has 2 rings (SSSR count). The molecular weight excluding hydrogens is 250 g/mol. The predicted molar refractivity (Wildman–Crippen MR) is 73.5 cm³/mol. The smallest absolute Gasteiger partial charge is 0.337 e. The molecule has 0 amide bonds. The number of carbonyl (C=O) groups is 1. The number of carboxylic acids is 1. The van der Waals surface area contributed by atoms with E-state index in [2.05, 4.69) is 12.2 Å². The van der Waals surface area contributed by atoms with E-state index in [-0.39, 0.29) is 10.6 Å². The summed E-state index contributed by atoms with van der Waals surface area (Å²) in [6.45, 7) is 2.16. The normalized spacial score (nSPS) is 16.3. The molecule has 18 heavy (non-hydrogen) atoms. The van der Waals surface area contributed by atoms with Crippen LogP contribution in [0.2, 0.25) is 5.02 Å². The lowest BCUT2D eigenvalue weighted by molar-refractivity contribution is 0.0697. The Hall–Kier alpha value is -1.22. The van der Waals surface area contributed by atoms with Crippen molar-refractivity contribution < 1.29 is 9.90 Å². The van der Waals surface area contributed by atoms with Gasteiger partial charge in [-0.1, -0.05) is 31.4 Å². The molecule has 1 aliphatic rings. The molecule has 0 radical (unpaired) electrons. The molecule has 0 heterocycles. The summed E-state index contributed by atoms with van der Waals surface area (Å²) in [4.78, 5) is 10.9. The van der Waals surface area contributed by atoms with Crippen LogP contribution >= 0.6 is 11.6 Å². The average Bonchev–Trinajstić information content (AvgIpc) is 3.11. The van der Waals surface area contributed by atoms with Gasteiger partial charge in [-0.05, 0) is 37.0 Å². The van der Waals surface area contributed by atoms with Crippen LogP contribution < -0.4 is 5.32 Å². The molecule has 1 aromatic carbocycles. The van der Waals surface area contributed by atoms with Crippen molar-refractivity contribution >= 4 is 23.3 Å². The minimum absolute atomic E-state index is 0.150. The zero-order valence-corrected chi connectivity index (χ0v) is 11.2. The Kier molecular flexibility index (Phi) is 4.12. The van der Waals surface area contributed by atoms with Gasteiger partial charge in [0.15, 0.2) is 0 Å². The Labute approximate surface area is 112 Å². The van der Waals surface area contributed by atoms with Gasteiger partial charge in [0.25, 0.3) is 0 Å². The average molecular weight is 268 g/mol. The second-order valence-corrected chi connectivity index (χ2v) is 5.34. The summed E-state index contributed by atoms with van der Waals surface area (Å²) in [5, 5.41) is 12.6. The molecule has 0 aliphatic heterocycles. The maximum absolute atomic E-state index is 10.9. The minimum atomic E-state index is -0.989. The maximum atomic E-state index is 10.9. The number of benzene rings is 1. The largest absolute Gasteiger partial charge is 0.478 e. The molecule has 0 saturated heterocycles. The number of hydrogen-bond donors (Lipinski definition) is 2. The SMILES string of the molecule is CCC(CC1CC1)Nc1ccc(C(=O)O)c(Cl)c1. The molecule has 1 aromatic rings. The molecule has 3 nitrogen and oxygen atoms in total. The first-order chi connectivity index (χ1) is 8.60. The van der Waals surface area contributed by atoms with Crippen molar-refractivity contribution in [1.29, 1.82) is 0 Å². The Bertz CT molecular complexity index is 443. The molecule has 1 atom stereocenters. The molecule has 1 unspecified atom stereocenters. The third-order valence-electron chi connectivity index (χ3n) is 3.38. The number of anilines is 1. The lowest BCUT2D eigenvalue weighted by atomic mass is 10.1. The van der Waals surface area contributed by atoms with Crippen molar-refractivity contribution in [2.24, 2.45) is 5.92 Å². The molecule has 2 N–H and O–H groups in total. The molecule has 0 bridgehead atoms. The lowest BCUT2D eigenvalue weighted by Crippen LogP contribution is -2.19. The van der Waals surface area contributed by atoms with E-state index in [1.807, 2.05) is 0 Å². The van der Waals surface area contributed by atoms with Gasteiger partial charge >= 0.3 is 5.97 Å². The van der Waals surface area contributed by atoms with Crippen molar-refractivity contribution in [1.82, 2.24) is 0 Å². The Morgan fingerprint density at radius 2 is 2.28 bits per heavy atom. The van der Waals surface area contributed by atoms with Gasteiger partial charge in [-0.3, -0.25) is 0 Å². The summed E-state index contributed by atoms with van der Waals surface area (Å²) in [7, 11) is 0. The van der Waals surface area contributed by atoms with E-state index >= 15 is 0 Å². The molecule has 1 fully saturated rings. The Balaban J connectivity index is 2.03. The van der Waals surface area contributed by atoms with Crippen LogP contribution in [0.5, 0.6) is 0 Å². The molecule has 0 aromatic heterocycles. The van der Waals surface area contributed by atoms with Gasteiger partial charge < -0.3 is 10.4 Å². The maximum Gasteiger partial charge on any atom is 0.337 e. The number of hydrogen-bond acceptors (Lipinski definition) is 2. The number of nitrogens with one attached hydrogen (secondary N) is 1. The van der Waals surface area contributed by atoms with Crippen LogP contribution in [-0.2, 0) is 0 Å². The van der Waals surface area contributed by atoms with Crippen LogP contribution in [0.4, 0.5) is 5.69 Å². The van der Waals surface area contributed by atoms with E-state index < -0.39 is 5.97 Å². The van der Waals surface area contributed by atoms with E-state index in [4.69, 9.17) is 16.7 Å². The highest BCUT2D eigenvalue weighted by Crippen LogP contribution is 2.35. The second-order valence-electron chi connectivity index (χ2n) is 4.93. The first kappa shape index (κ1) is 13.2. The summed E-state index contributed by atoms with van der Waals surface area (Å²) in [6, 6.07) is 5.48. The van der Waals surface area contributed by atoms with Crippen molar-refractivity contribution in [3.63, 3.8) is 0 Å². The van der Waals surface area contributed by atoms with Gasteiger partial charge in [0.2, 0.25) is 0 Å². The van der Waals surface area contributed by atoms with Crippen LogP contribution in [0.1, 0.15) is 43.0 Å². The van der Waals surface area contributed by atoms with Gasteiger partial charge in [0.05, 0.1) is 10.6 Å². The van der Waals surface area contributed by atoms with E-state index in [9.17, 15) is 4.79 Å². The lowest BCUT2D eigenvalue weighted by Gasteiger charge is -2.18. The third kappa shape index (κ3) is 3.39. The number of halogens is 1. The number of rotatable bonds is 6. The van der Waals surface area contributed by atoms with Gasteiger partial charge in [0.1, 0.15) is 0 Å². The summed E-state index contributed by atoms with van der Waals surface area (Å²) < 4.78 is 0. The Morgan fingerprint density at radius 1 is 1.56 bits per heavy atom. The fourth-order valence-corrected chi connectivity index (χ4v) is 2.36. The first-order valence-corrected chi connectivity index (χ1v) is 6.77. The monoisotopic (exact) mass is 267 g/mol. The fourth-order valence-electron chi connectivity index (χ4n) is 2.10. The predicted octanol–water partition coefficient (Wildman–Crippen LogP) is 4.03. The molecule has 1 aliphatic carbocycles. The third-order valence-corrected chi connectivity index (χ3v) is 3.69. The molecule has 1 saturated carbocycles. The molecule has 98 valence electrons. The second kappa shape index (κ2) is 5.61. The minimum Gasteiger partial charge on any atom is -0.478 e. The van der Waals surface area contributed by atoms with E-state index in [1.165, 1.54) is 19.3 Å². The van der Waals surface area contributed by atoms with Gasteiger partial charge in [-0.25, -0.2) is 4.79 Å². The summed E-state index contributed by atoms with van der Waals surface area (Å²) in [5.74, 6) is -0.118. The molecule has 4 heteroatoms. The zero-order valence-electron chi connectivity index (χ0n) is 10.4. The fraction of sp³-hybridized carbons (Fsp3) is 0.500. The van der Waals surface area contributed by atoms with Crippen molar-refractivity contribution in [3.05, 3.63) is 28.8 Å². The standard InChI is InChI=1S/C14H18ClNO2/c1-2-10(7-9-3-4-9)16-11-5-6-12(14(17)18)13(15)8-11/h5-6,8-10,16H,2-4,7H2,1H3,(H,17,18). The highest BCUT2D eigenvalue weighted by molar-refractivity contribution is 6.33. The van der Waals surface area contributed by atoms with Gasteiger partial charge in [-0.2, -0.15) is 0 Å². The van der Waals surface area contributed by atoms with Crippen LogP contribution in [0, 0.1) is 5.92 Å². The van der Waals surface area contributed by atoms with Crippen LogP contribution in [0.25, 0.3) is 0 Å². The van der Waals surface area contributed by atoms with Gasteiger partial charge in [0, 0.05) is 11.7 Å². The quantitative estimate of drug-likeness (QED) is 0.818. The van der Waals surface area contributed by atoms with Gasteiger partial charge in [-0.15, -0.1) is 0 Å². The van der Waals surface area contributed by atoms with Crippen LogP contribution in [0.3, 0.4) is 0 Å². The highest BCUT2D eigenvalue weighted by Gasteiger charge is 2.24.